The molecule has 0 spiro atoms. The second-order valence-electron chi connectivity index (χ2n) is 5.90. The van der Waals surface area contributed by atoms with Crippen LogP contribution < -0.4 is 0 Å². The summed E-state index contributed by atoms with van der Waals surface area (Å²) >= 11 is 1.56. The van der Waals surface area contributed by atoms with Crippen LogP contribution in [0.25, 0.3) is 10.9 Å². The maximum atomic E-state index is 12.4. The number of benzene rings is 1. The number of hydrogen-bond acceptors (Lipinski definition) is 6. The van der Waals surface area contributed by atoms with Gasteiger partial charge in [-0.3, -0.25) is 5.10 Å². The van der Waals surface area contributed by atoms with Gasteiger partial charge < -0.3 is 9.47 Å². The quantitative estimate of drug-likeness (QED) is 0.733. The molecule has 4 rings (SSSR count). The number of fused-ring (bicyclic) bond motifs is 1. The molecule has 3 aromatic rings. The summed E-state index contributed by atoms with van der Waals surface area (Å²) in [6.45, 7) is 2.89. The molecular formula is C17H17N3O3S. The molecule has 24 heavy (non-hydrogen) atoms. The van der Waals surface area contributed by atoms with E-state index in [0.717, 1.165) is 41.1 Å². The van der Waals surface area contributed by atoms with E-state index in [-0.39, 0.29) is 18.7 Å². The van der Waals surface area contributed by atoms with Crippen molar-refractivity contribution in [2.24, 2.45) is 0 Å². The number of H-pyrrole nitrogens is 1. The molecule has 1 fully saturated rings. The lowest BCUT2D eigenvalue weighted by atomic mass is 10.1. The first-order valence-electron chi connectivity index (χ1n) is 7.87. The first-order chi connectivity index (χ1) is 11.7. The smallest absolute Gasteiger partial charge is 0.340 e. The van der Waals surface area contributed by atoms with E-state index in [0.29, 0.717) is 11.1 Å². The van der Waals surface area contributed by atoms with Gasteiger partial charge in [-0.15, -0.1) is 11.3 Å². The number of nitrogens with zero attached hydrogens (tertiary/aromatic N) is 2. The van der Waals surface area contributed by atoms with Crippen LogP contribution in [0.1, 0.15) is 45.6 Å². The first kappa shape index (κ1) is 15.3. The monoisotopic (exact) mass is 343 g/mol. The van der Waals surface area contributed by atoms with E-state index >= 15 is 0 Å². The Morgan fingerprint density at radius 2 is 2.42 bits per heavy atom. The highest BCUT2D eigenvalue weighted by Gasteiger charge is 2.21. The van der Waals surface area contributed by atoms with Crippen LogP contribution in [-0.2, 0) is 16.1 Å². The number of aromatic amines is 1. The summed E-state index contributed by atoms with van der Waals surface area (Å²) in [5, 5.41) is 10.6. The minimum absolute atomic E-state index is 0.0980. The largest absolute Gasteiger partial charge is 0.455 e. The lowest BCUT2D eigenvalue weighted by Gasteiger charge is -2.06. The van der Waals surface area contributed by atoms with Crippen molar-refractivity contribution >= 4 is 28.2 Å². The molecule has 1 saturated heterocycles. The Morgan fingerprint density at radius 3 is 3.25 bits per heavy atom. The van der Waals surface area contributed by atoms with Crippen LogP contribution in [0, 0.1) is 6.92 Å². The molecule has 0 amide bonds. The summed E-state index contributed by atoms with van der Waals surface area (Å²) in [6, 6.07) is 3.78. The molecule has 1 unspecified atom stereocenters. The third-order valence-electron chi connectivity index (χ3n) is 4.04. The van der Waals surface area contributed by atoms with Gasteiger partial charge in [0.15, 0.2) is 0 Å². The fourth-order valence-electron chi connectivity index (χ4n) is 2.89. The van der Waals surface area contributed by atoms with E-state index in [1.807, 2.05) is 24.4 Å². The summed E-state index contributed by atoms with van der Waals surface area (Å²) in [7, 11) is 0. The number of hydrogen-bond donors (Lipinski definition) is 1. The Hall–Kier alpha value is -2.25. The maximum Gasteiger partial charge on any atom is 0.340 e. The highest BCUT2D eigenvalue weighted by Crippen LogP contribution is 2.30. The van der Waals surface area contributed by atoms with Gasteiger partial charge in [-0.05, 0) is 37.5 Å². The third kappa shape index (κ3) is 2.92. The minimum atomic E-state index is -0.375. The predicted octanol–water partition coefficient (Wildman–Crippen LogP) is 3.54. The number of esters is 1. The van der Waals surface area contributed by atoms with Gasteiger partial charge in [-0.2, -0.15) is 5.10 Å². The number of ether oxygens (including phenoxy) is 2. The molecule has 1 aliphatic heterocycles. The Kier molecular flexibility index (Phi) is 4.03. The Balaban J connectivity index is 1.47. The molecule has 7 heteroatoms. The van der Waals surface area contributed by atoms with Crippen LogP contribution in [-0.4, -0.2) is 27.8 Å². The van der Waals surface area contributed by atoms with Crippen molar-refractivity contribution in [3.05, 3.63) is 45.5 Å². The first-order valence-corrected chi connectivity index (χ1v) is 8.75. The molecule has 0 aliphatic carbocycles. The molecular weight excluding hydrogens is 326 g/mol. The fourth-order valence-corrected chi connectivity index (χ4v) is 3.78. The van der Waals surface area contributed by atoms with Crippen molar-refractivity contribution in [3.63, 3.8) is 0 Å². The van der Waals surface area contributed by atoms with Crippen LogP contribution in [0.5, 0.6) is 0 Å². The maximum absolute atomic E-state index is 12.4. The van der Waals surface area contributed by atoms with Crippen LogP contribution >= 0.6 is 11.3 Å². The van der Waals surface area contributed by atoms with E-state index in [2.05, 4.69) is 15.2 Å². The van der Waals surface area contributed by atoms with E-state index in [4.69, 9.17) is 9.47 Å². The molecule has 1 aromatic carbocycles. The molecule has 124 valence electrons. The van der Waals surface area contributed by atoms with Gasteiger partial charge in [0, 0.05) is 17.4 Å². The van der Waals surface area contributed by atoms with Gasteiger partial charge in [0.1, 0.15) is 17.7 Å². The SMILES string of the molecule is Cc1cc(C(=O)OCc2csc(C3CCCO3)n2)c2[nH]ncc2c1. The van der Waals surface area contributed by atoms with E-state index in [1.54, 1.807) is 17.5 Å². The van der Waals surface area contributed by atoms with Crippen molar-refractivity contribution in [1.82, 2.24) is 15.2 Å². The highest BCUT2D eigenvalue weighted by atomic mass is 32.1. The number of thiazole rings is 1. The van der Waals surface area contributed by atoms with Crippen molar-refractivity contribution in [3.8, 4) is 0 Å². The zero-order valence-corrected chi connectivity index (χ0v) is 14.1. The van der Waals surface area contributed by atoms with Crippen molar-refractivity contribution in [2.75, 3.05) is 6.61 Å². The number of aromatic nitrogens is 3. The molecule has 0 saturated carbocycles. The summed E-state index contributed by atoms with van der Waals surface area (Å²) in [5.41, 5.74) is 2.94. The van der Waals surface area contributed by atoms with Crippen LogP contribution in [0.2, 0.25) is 0 Å². The lowest BCUT2D eigenvalue weighted by Crippen LogP contribution is -2.07. The molecule has 1 N–H and O–H groups in total. The highest BCUT2D eigenvalue weighted by molar-refractivity contribution is 7.09. The van der Waals surface area contributed by atoms with Crippen LogP contribution in [0.3, 0.4) is 0 Å². The normalized spacial score (nSPS) is 17.5. The van der Waals surface area contributed by atoms with E-state index in [1.165, 1.54) is 0 Å². The second kappa shape index (κ2) is 6.33. The Labute approximate surface area is 142 Å². The van der Waals surface area contributed by atoms with Gasteiger partial charge in [0.25, 0.3) is 0 Å². The predicted molar refractivity (Wildman–Crippen MR) is 90.0 cm³/mol. The average molecular weight is 343 g/mol. The zero-order valence-electron chi connectivity index (χ0n) is 13.2. The fraction of sp³-hybridized carbons (Fsp3) is 0.353. The number of nitrogens with one attached hydrogen (secondary N) is 1. The Morgan fingerprint density at radius 1 is 1.50 bits per heavy atom. The number of carbonyl (C=O) groups excluding carboxylic acids is 1. The molecule has 1 aliphatic rings. The average Bonchev–Trinajstić information content (AvgIpc) is 3.30. The number of rotatable bonds is 4. The lowest BCUT2D eigenvalue weighted by molar-refractivity contribution is 0.0469. The van der Waals surface area contributed by atoms with Gasteiger partial charge in [-0.1, -0.05) is 0 Å². The molecule has 1 atom stereocenters. The van der Waals surface area contributed by atoms with Gasteiger partial charge >= 0.3 is 5.97 Å². The summed E-state index contributed by atoms with van der Waals surface area (Å²) in [4.78, 5) is 17.0. The molecule has 0 radical (unpaired) electrons. The molecule has 6 nitrogen and oxygen atoms in total. The summed E-state index contributed by atoms with van der Waals surface area (Å²) < 4.78 is 11.1. The van der Waals surface area contributed by atoms with Gasteiger partial charge in [0.05, 0.1) is 23.0 Å². The third-order valence-corrected chi connectivity index (χ3v) is 5.02. The molecule has 0 bridgehead atoms. The van der Waals surface area contributed by atoms with Crippen molar-refractivity contribution in [2.45, 2.75) is 32.5 Å². The van der Waals surface area contributed by atoms with Crippen molar-refractivity contribution in [1.29, 1.82) is 0 Å². The number of carbonyl (C=O) groups is 1. The van der Waals surface area contributed by atoms with Gasteiger partial charge in [-0.25, -0.2) is 9.78 Å². The topological polar surface area (TPSA) is 77.1 Å². The van der Waals surface area contributed by atoms with Crippen LogP contribution in [0.4, 0.5) is 0 Å². The molecule has 3 heterocycles. The van der Waals surface area contributed by atoms with Gasteiger partial charge in [0.2, 0.25) is 0 Å². The summed E-state index contributed by atoms with van der Waals surface area (Å²) in [6.07, 6.45) is 3.88. The molecule has 2 aromatic heterocycles. The van der Waals surface area contributed by atoms with E-state index < -0.39 is 0 Å². The van der Waals surface area contributed by atoms with E-state index in [9.17, 15) is 4.79 Å². The van der Waals surface area contributed by atoms with Crippen molar-refractivity contribution < 1.29 is 14.3 Å². The Bertz CT molecular complexity index is 880. The van der Waals surface area contributed by atoms with Crippen LogP contribution in [0.15, 0.2) is 23.7 Å². The summed E-state index contributed by atoms with van der Waals surface area (Å²) in [5.74, 6) is -0.375. The number of aryl methyl sites for hydroxylation is 1. The zero-order chi connectivity index (χ0) is 16.5. The standard InChI is InChI=1S/C17H17N3O3S/c1-10-5-11-7-18-20-15(11)13(6-10)17(21)23-8-12-9-24-16(19-12)14-3-2-4-22-14/h5-7,9,14H,2-4,8H2,1H3,(H,18,20). The second-order valence-corrected chi connectivity index (χ2v) is 6.79. The minimum Gasteiger partial charge on any atom is -0.455 e.